The molecule has 0 aliphatic carbocycles. The number of alkyl halides is 2. The molecular weight excluding hydrogens is 222 g/mol. The van der Waals surface area contributed by atoms with Gasteiger partial charge in [-0.3, -0.25) is 4.79 Å². The smallest absolute Gasteiger partial charge is 0.315 e. The molecule has 94 valence electrons. The molecule has 3 N–H and O–H groups in total. The SMILES string of the molecule is CC(C)(CCC(=O)O)NC(=O)NCC(F)F. The fraction of sp³-hybridized carbons (Fsp3) is 0.778. The number of carboxylic acids is 1. The van der Waals surface area contributed by atoms with E-state index in [9.17, 15) is 18.4 Å². The maximum Gasteiger partial charge on any atom is 0.315 e. The first-order valence-electron chi connectivity index (χ1n) is 4.79. The van der Waals surface area contributed by atoms with Crippen LogP contribution < -0.4 is 10.6 Å². The molecule has 16 heavy (non-hydrogen) atoms. The Bertz CT molecular complexity index is 257. The fourth-order valence-electron chi connectivity index (χ4n) is 1.00. The Morgan fingerprint density at radius 1 is 1.38 bits per heavy atom. The second-order valence-electron chi connectivity index (χ2n) is 4.00. The van der Waals surface area contributed by atoms with Gasteiger partial charge in [-0.2, -0.15) is 0 Å². The third-order valence-corrected chi connectivity index (χ3v) is 1.83. The van der Waals surface area contributed by atoms with Gasteiger partial charge in [-0.15, -0.1) is 0 Å². The van der Waals surface area contributed by atoms with Crippen LogP contribution in [0.4, 0.5) is 13.6 Å². The van der Waals surface area contributed by atoms with E-state index in [1.54, 1.807) is 13.8 Å². The minimum absolute atomic E-state index is 0.0951. The number of amides is 2. The van der Waals surface area contributed by atoms with Crippen molar-refractivity contribution in [2.24, 2.45) is 0 Å². The van der Waals surface area contributed by atoms with E-state index >= 15 is 0 Å². The first-order valence-corrected chi connectivity index (χ1v) is 4.79. The van der Waals surface area contributed by atoms with Gasteiger partial charge in [-0.25, -0.2) is 13.6 Å². The van der Waals surface area contributed by atoms with Gasteiger partial charge in [0.2, 0.25) is 0 Å². The number of carboxylic acid groups (broad SMARTS) is 1. The molecule has 0 heterocycles. The van der Waals surface area contributed by atoms with E-state index in [1.807, 2.05) is 5.32 Å². The lowest BCUT2D eigenvalue weighted by Gasteiger charge is -2.25. The largest absolute Gasteiger partial charge is 0.481 e. The first kappa shape index (κ1) is 14.6. The van der Waals surface area contributed by atoms with Gasteiger partial charge in [0, 0.05) is 12.0 Å². The number of carbonyl (C=O) groups excluding carboxylic acids is 1. The summed E-state index contributed by atoms with van der Waals surface area (Å²) >= 11 is 0. The molecule has 0 aliphatic rings. The first-order chi connectivity index (χ1) is 7.23. The van der Waals surface area contributed by atoms with Gasteiger partial charge in [0.15, 0.2) is 0 Å². The second kappa shape index (κ2) is 6.24. The molecule has 0 spiro atoms. The van der Waals surface area contributed by atoms with Crippen molar-refractivity contribution in [3.8, 4) is 0 Å². The quantitative estimate of drug-likeness (QED) is 0.650. The summed E-state index contributed by atoms with van der Waals surface area (Å²) in [6, 6.07) is -0.726. The molecule has 0 unspecified atom stereocenters. The van der Waals surface area contributed by atoms with Crippen molar-refractivity contribution in [3.05, 3.63) is 0 Å². The molecule has 5 nitrogen and oxygen atoms in total. The molecule has 0 aromatic carbocycles. The van der Waals surface area contributed by atoms with Crippen molar-refractivity contribution < 1.29 is 23.5 Å². The molecule has 2 amide bonds. The molecule has 0 rings (SSSR count). The van der Waals surface area contributed by atoms with E-state index < -0.39 is 30.5 Å². The van der Waals surface area contributed by atoms with Crippen LogP contribution in [0.5, 0.6) is 0 Å². The Kier molecular flexibility index (Phi) is 5.69. The predicted molar refractivity (Wildman–Crippen MR) is 53.5 cm³/mol. The van der Waals surface area contributed by atoms with Gasteiger partial charge in [-0.05, 0) is 20.3 Å². The highest BCUT2D eigenvalue weighted by molar-refractivity contribution is 5.74. The van der Waals surface area contributed by atoms with E-state index in [0.29, 0.717) is 0 Å². The molecule has 0 saturated carbocycles. The van der Waals surface area contributed by atoms with Crippen molar-refractivity contribution in [3.63, 3.8) is 0 Å². The number of nitrogens with one attached hydrogen (secondary N) is 2. The van der Waals surface area contributed by atoms with Crippen LogP contribution in [0.15, 0.2) is 0 Å². The van der Waals surface area contributed by atoms with Crippen LogP contribution in [0, 0.1) is 0 Å². The Morgan fingerprint density at radius 3 is 2.38 bits per heavy atom. The number of halogens is 2. The summed E-state index contributed by atoms with van der Waals surface area (Å²) in [5, 5.41) is 12.9. The summed E-state index contributed by atoms with van der Waals surface area (Å²) in [4.78, 5) is 21.4. The summed E-state index contributed by atoms with van der Waals surface area (Å²) in [7, 11) is 0. The minimum Gasteiger partial charge on any atom is -0.481 e. The van der Waals surface area contributed by atoms with Crippen LogP contribution in [0.2, 0.25) is 0 Å². The Labute approximate surface area is 92.2 Å². The maximum atomic E-state index is 11.8. The zero-order valence-electron chi connectivity index (χ0n) is 9.22. The molecule has 0 radical (unpaired) electrons. The average Bonchev–Trinajstić information content (AvgIpc) is 2.11. The number of aliphatic carboxylic acids is 1. The van der Waals surface area contributed by atoms with E-state index in [2.05, 4.69) is 5.32 Å². The Balaban J connectivity index is 3.94. The Morgan fingerprint density at radius 2 is 1.94 bits per heavy atom. The summed E-state index contributed by atoms with van der Waals surface area (Å²) in [6.45, 7) is 2.52. The molecule has 0 aliphatic heterocycles. The van der Waals surface area contributed by atoms with Crippen molar-refractivity contribution in [1.82, 2.24) is 10.6 Å². The highest BCUT2D eigenvalue weighted by atomic mass is 19.3. The summed E-state index contributed by atoms with van der Waals surface area (Å²) in [6.07, 6.45) is -2.47. The van der Waals surface area contributed by atoms with Gasteiger partial charge in [0.05, 0.1) is 6.54 Å². The third-order valence-electron chi connectivity index (χ3n) is 1.83. The molecule has 0 aromatic rings. The number of hydrogen-bond acceptors (Lipinski definition) is 2. The molecule has 0 aromatic heterocycles. The maximum absolute atomic E-state index is 11.8. The number of carbonyl (C=O) groups is 2. The average molecular weight is 238 g/mol. The molecule has 7 heteroatoms. The molecule has 0 fully saturated rings. The molecule has 0 bridgehead atoms. The lowest BCUT2D eigenvalue weighted by molar-refractivity contribution is -0.137. The minimum atomic E-state index is -2.60. The summed E-state index contributed by atoms with van der Waals surface area (Å²) < 4.78 is 23.5. The highest BCUT2D eigenvalue weighted by Crippen LogP contribution is 2.10. The monoisotopic (exact) mass is 238 g/mol. The van der Waals surface area contributed by atoms with Gasteiger partial charge < -0.3 is 15.7 Å². The lowest BCUT2D eigenvalue weighted by Crippen LogP contribution is -2.49. The van der Waals surface area contributed by atoms with Crippen LogP contribution in [0.1, 0.15) is 26.7 Å². The second-order valence-corrected chi connectivity index (χ2v) is 4.00. The van der Waals surface area contributed by atoms with Crippen LogP contribution in [0.3, 0.4) is 0 Å². The number of hydrogen-bond donors (Lipinski definition) is 3. The van der Waals surface area contributed by atoms with Gasteiger partial charge in [-0.1, -0.05) is 0 Å². The topological polar surface area (TPSA) is 78.4 Å². The van der Waals surface area contributed by atoms with Crippen LogP contribution in [-0.2, 0) is 4.79 Å². The zero-order chi connectivity index (χ0) is 12.8. The fourth-order valence-corrected chi connectivity index (χ4v) is 1.00. The van der Waals surface area contributed by atoms with Crippen LogP contribution >= 0.6 is 0 Å². The van der Waals surface area contributed by atoms with Crippen molar-refractivity contribution in [1.29, 1.82) is 0 Å². The van der Waals surface area contributed by atoms with Crippen LogP contribution in [-0.4, -0.2) is 35.6 Å². The van der Waals surface area contributed by atoms with E-state index in [1.165, 1.54) is 0 Å². The number of rotatable bonds is 6. The van der Waals surface area contributed by atoms with Crippen LogP contribution in [0.25, 0.3) is 0 Å². The van der Waals surface area contributed by atoms with Gasteiger partial charge in [0.25, 0.3) is 6.43 Å². The Hall–Kier alpha value is -1.40. The van der Waals surface area contributed by atoms with Crippen molar-refractivity contribution >= 4 is 12.0 Å². The van der Waals surface area contributed by atoms with E-state index in [-0.39, 0.29) is 12.8 Å². The normalized spacial score (nSPS) is 11.3. The van der Waals surface area contributed by atoms with Gasteiger partial charge >= 0.3 is 12.0 Å². The molecular formula is C9H16F2N2O3. The van der Waals surface area contributed by atoms with Crippen molar-refractivity contribution in [2.45, 2.75) is 38.7 Å². The van der Waals surface area contributed by atoms with Crippen molar-refractivity contribution in [2.75, 3.05) is 6.54 Å². The predicted octanol–water partition coefficient (Wildman–Crippen LogP) is 1.19. The van der Waals surface area contributed by atoms with E-state index in [0.717, 1.165) is 0 Å². The summed E-state index contributed by atoms with van der Waals surface area (Å²) in [5.74, 6) is -0.970. The van der Waals surface area contributed by atoms with E-state index in [4.69, 9.17) is 5.11 Å². The van der Waals surface area contributed by atoms with Gasteiger partial charge in [0.1, 0.15) is 0 Å². The zero-order valence-corrected chi connectivity index (χ0v) is 9.22. The molecule has 0 atom stereocenters. The number of urea groups is 1. The third kappa shape index (κ3) is 7.95. The molecule has 0 saturated heterocycles. The lowest BCUT2D eigenvalue weighted by atomic mass is 9.99. The standard InChI is InChI=1S/C9H16F2N2O3/c1-9(2,4-3-7(14)15)13-8(16)12-5-6(10)11/h6H,3-5H2,1-2H3,(H,14,15)(H2,12,13,16). The highest BCUT2D eigenvalue weighted by Gasteiger charge is 2.21. The summed E-state index contributed by atoms with van der Waals surface area (Å²) in [5.41, 5.74) is -0.745.